The topological polar surface area (TPSA) is 40.2 Å². The molecule has 2 N–H and O–H groups in total. The molecule has 3 heteroatoms. The fourth-order valence-corrected chi connectivity index (χ4v) is 2.84. The highest BCUT2D eigenvalue weighted by atomic mass is 16.5. The van der Waals surface area contributed by atoms with E-state index >= 15 is 0 Å². The normalized spacial score (nSPS) is 11.0. The van der Waals surface area contributed by atoms with Gasteiger partial charge in [-0.3, -0.25) is 0 Å². The summed E-state index contributed by atoms with van der Waals surface area (Å²) in [5.74, 6) is 0.941. The van der Waals surface area contributed by atoms with Gasteiger partial charge in [0.1, 0.15) is 5.75 Å². The Kier molecular flexibility index (Phi) is 3.34. The minimum Gasteiger partial charge on any atom is -0.496 e. The van der Waals surface area contributed by atoms with E-state index in [1.807, 2.05) is 12.1 Å². The fraction of sp³-hybridized carbons (Fsp3) is 0.222. The molecular formula is C18H20N2O. The molecule has 2 aromatic carbocycles. The van der Waals surface area contributed by atoms with Gasteiger partial charge in [0.15, 0.2) is 0 Å². The summed E-state index contributed by atoms with van der Waals surface area (Å²) < 4.78 is 7.65. The molecule has 0 aliphatic rings. The van der Waals surface area contributed by atoms with Crippen LogP contribution in [0.4, 0.5) is 5.69 Å². The Morgan fingerprint density at radius 2 is 1.90 bits per heavy atom. The fourth-order valence-electron chi connectivity index (χ4n) is 2.84. The van der Waals surface area contributed by atoms with Gasteiger partial charge in [-0.2, -0.15) is 0 Å². The van der Waals surface area contributed by atoms with E-state index in [0.717, 1.165) is 17.9 Å². The smallest absolute Gasteiger partial charge is 0.122 e. The average molecular weight is 280 g/mol. The van der Waals surface area contributed by atoms with Crippen LogP contribution in [0.2, 0.25) is 0 Å². The molecule has 0 fully saturated rings. The van der Waals surface area contributed by atoms with Crippen molar-refractivity contribution in [2.75, 3.05) is 12.8 Å². The minimum atomic E-state index is 0.797. The number of fused-ring (bicyclic) bond motifs is 1. The maximum atomic E-state index is 5.94. The first-order valence-electron chi connectivity index (χ1n) is 7.05. The van der Waals surface area contributed by atoms with Gasteiger partial charge in [-0.1, -0.05) is 12.1 Å². The first kappa shape index (κ1) is 13.6. The predicted molar refractivity (Wildman–Crippen MR) is 87.9 cm³/mol. The van der Waals surface area contributed by atoms with Crippen molar-refractivity contribution in [3.8, 4) is 5.75 Å². The third kappa shape index (κ3) is 2.47. The summed E-state index contributed by atoms with van der Waals surface area (Å²) in [6, 6.07) is 12.4. The number of rotatable bonds is 3. The van der Waals surface area contributed by atoms with Gasteiger partial charge in [0.05, 0.1) is 7.11 Å². The summed E-state index contributed by atoms with van der Waals surface area (Å²) in [5.41, 5.74) is 11.6. The Hall–Kier alpha value is -2.42. The van der Waals surface area contributed by atoms with E-state index in [9.17, 15) is 0 Å². The maximum Gasteiger partial charge on any atom is 0.122 e. The predicted octanol–water partition coefficient (Wildman–Crippen LogP) is 3.67. The minimum absolute atomic E-state index is 0.797. The van der Waals surface area contributed by atoms with Crippen LogP contribution in [0.1, 0.15) is 16.7 Å². The summed E-state index contributed by atoms with van der Waals surface area (Å²) in [5, 5.41) is 1.21. The van der Waals surface area contributed by atoms with Crippen LogP contribution in [0, 0.1) is 6.92 Å². The molecule has 3 nitrogen and oxygen atoms in total. The first-order chi connectivity index (χ1) is 10.1. The van der Waals surface area contributed by atoms with E-state index in [0.29, 0.717) is 0 Å². The summed E-state index contributed by atoms with van der Waals surface area (Å²) in [4.78, 5) is 0. The summed E-state index contributed by atoms with van der Waals surface area (Å²) >= 11 is 0. The molecule has 0 spiro atoms. The lowest BCUT2D eigenvalue weighted by molar-refractivity contribution is 0.410. The third-order valence-electron chi connectivity index (χ3n) is 3.92. The third-order valence-corrected chi connectivity index (χ3v) is 3.92. The van der Waals surface area contributed by atoms with Crippen molar-refractivity contribution in [2.24, 2.45) is 7.05 Å². The van der Waals surface area contributed by atoms with Gasteiger partial charge in [-0.15, -0.1) is 0 Å². The van der Waals surface area contributed by atoms with Crippen LogP contribution in [-0.4, -0.2) is 11.7 Å². The van der Waals surface area contributed by atoms with E-state index in [1.54, 1.807) is 7.11 Å². The number of benzene rings is 2. The number of nitrogens with two attached hydrogens (primary N) is 1. The lowest BCUT2D eigenvalue weighted by Crippen LogP contribution is -1.94. The standard InChI is InChI=1S/C18H20N2O/c1-12-4-5-13(18(8-12)21-3)9-14-11-20(2)17-7-6-15(19)10-16(14)17/h4-8,10-11H,9,19H2,1-3H3. The zero-order valence-electron chi connectivity index (χ0n) is 12.7. The largest absolute Gasteiger partial charge is 0.496 e. The molecule has 0 aliphatic heterocycles. The first-order valence-corrected chi connectivity index (χ1v) is 7.05. The number of nitrogens with zero attached hydrogens (tertiary/aromatic N) is 1. The molecule has 0 atom stereocenters. The number of anilines is 1. The number of aryl methyl sites for hydroxylation is 2. The Balaban J connectivity index is 2.08. The highest BCUT2D eigenvalue weighted by Gasteiger charge is 2.10. The van der Waals surface area contributed by atoms with Crippen molar-refractivity contribution in [2.45, 2.75) is 13.3 Å². The number of ether oxygens (including phenoxy) is 1. The Morgan fingerprint density at radius 1 is 1.10 bits per heavy atom. The molecule has 0 saturated carbocycles. The molecular weight excluding hydrogens is 260 g/mol. The molecule has 0 bridgehead atoms. The highest BCUT2D eigenvalue weighted by molar-refractivity contribution is 5.87. The van der Waals surface area contributed by atoms with E-state index in [1.165, 1.54) is 27.6 Å². The second-order valence-electron chi connectivity index (χ2n) is 5.53. The van der Waals surface area contributed by atoms with Crippen LogP contribution < -0.4 is 10.5 Å². The van der Waals surface area contributed by atoms with Crippen LogP contribution >= 0.6 is 0 Å². The summed E-state index contributed by atoms with van der Waals surface area (Å²) in [6.45, 7) is 2.07. The molecule has 0 unspecified atom stereocenters. The molecule has 0 amide bonds. The van der Waals surface area contributed by atoms with Crippen molar-refractivity contribution in [3.05, 3.63) is 59.3 Å². The lowest BCUT2D eigenvalue weighted by Gasteiger charge is -2.09. The van der Waals surface area contributed by atoms with Gasteiger partial charge < -0.3 is 15.0 Å². The van der Waals surface area contributed by atoms with Crippen LogP contribution in [0.5, 0.6) is 5.75 Å². The quantitative estimate of drug-likeness (QED) is 0.744. The number of hydrogen-bond acceptors (Lipinski definition) is 2. The molecule has 1 aromatic heterocycles. The van der Waals surface area contributed by atoms with Gasteiger partial charge >= 0.3 is 0 Å². The van der Waals surface area contributed by atoms with Crippen LogP contribution in [0.15, 0.2) is 42.6 Å². The van der Waals surface area contributed by atoms with Gasteiger partial charge in [-0.25, -0.2) is 0 Å². The molecule has 108 valence electrons. The molecule has 21 heavy (non-hydrogen) atoms. The van der Waals surface area contributed by atoms with Crippen molar-refractivity contribution in [3.63, 3.8) is 0 Å². The highest BCUT2D eigenvalue weighted by Crippen LogP contribution is 2.28. The molecule has 1 heterocycles. The molecule has 3 aromatic rings. The molecule has 3 rings (SSSR count). The second kappa shape index (κ2) is 5.17. The zero-order valence-corrected chi connectivity index (χ0v) is 12.7. The van der Waals surface area contributed by atoms with Crippen molar-refractivity contribution < 1.29 is 4.74 Å². The Bertz CT molecular complexity index is 802. The Morgan fingerprint density at radius 3 is 2.67 bits per heavy atom. The van der Waals surface area contributed by atoms with Crippen molar-refractivity contribution in [1.82, 2.24) is 4.57 Å². The van der Waals surface area contributed by atoms with Crippen molar-refractivity contribution in [1.29, 1.82) is 0 Å². The number of nitrogen functional groups attached to an aromatic ring is 1. The van der Waals surface area contributed by atoms with Crippen LogP contribution in [0.3, 0.4) is 0 Å². The monoisotopic (exact) mass is 280 g/mol. The van der Waals surface area contributed by atoms with E-state index in [2.05, 4.69) is 49.0 Å². The van der Waals surface area contributed by atoms with Gasteiger partial charge in [0.25, 0.3) is 0 Å². The van der Waals surface area contributed by atoms with Gasteiger partial charge in [0, 0.05) is 36.3 Å². The summed E-state index contributed by atoms with van der Waals surface area (Å²) in [6.07, 6.45) is 3.01. The second-order valence-corrected chi connectivity index (χ2v) is 5.53. The molecule has 0 radical (unpaired) electrons. The van der Waals surface area contributed by atoms with Gasteiger partial charge in [-0.05, 0) is 47.9 Å². The average Bonchev–Trinajstić information content (AvgIpc) is 2.76. The van der Waals surface area contributed by atoms with E-state index < -0.39 is 0 Å². The van der Waals surface area contributed by atoms with E-state index in [-0.39, 0.29) is 0 Å². The number of aromatic nitrogens is 1. The number of methoxy groups -OCH3 is 1. The SMILES string of the molecule is COc1cc(C)ccc1Cc1cn(C)c2ccc(N)cc12. The zero-order chi connectivity index (χ0) is 15.0. The maximum absolute atomic E-state index is 5.94. The van der Waals surface area contributed by atoms with Crippen LogP contribution in [-0.2, 0) is 13.5 Å². The van der Waals surface area contributed by atoms with Crippen LogP contribution in [0.25, 0.3) is 10.9 Å². The van der Waals surface area contributed by atoms with E-state index in [4.69, 9.17) is 10.5 Å². The number of hydrogen-bond donors (Lipinski definition) is 1. The lowest BCUT2D eigenvalue weighted by atomic mass is 10.0. The molecule has 0 aliphatic carbocycles. The molecule has 0 saturated heterocycles. The Labute approximate surface area is 125 Å². The van der Waals surface area contributed by atoms with Crippen molar-refractivity contribution >= 4 is 16.6 Å². The van der Waals surface area contributed by atoms with Gasteiger partial charge in [0.2, 0.25) is 0 Å². The summed E-state index contributed by atoms with van der Waals surface area (Å²) in [7, 11) is 3.79.